The predicted octanol–water partition coefficient (Wildman–Crippen LogP) is 3.20. The molecule has 4 aliphatic rings. The Morgan fingerprint density at radius 2 is 1.58 bits per heavy atom. The van der Waals surface area contributed by atoms with Gasteiger partial charge in [-0.3, -0.25) is 9.59 Å². The summed E-state index contributed by atoms with van der Waals surface area (Å²) in [5, 5.41) is 5.76. The molecule has 0 saturated heterocycles. The lowest BCUT2D eigenvalue weighted by molar-refractivity contribution is -0.157. The first kappa shape index (κ1) is 21.8. The lowest BCUT2D eigenvalue weighted by Crippen LogP contribution is -2.57. The lowest BCUT2D eigenvalue weighted by atomic mass is 9.49. The maximum absolute atomic E-state index is 13.3. The Labute approximate surface area is 184 Å². The van der Waals surface area contributed by atoms with Crippen molar-refractivity contribution in [2.24, 2.45) is 29.1 Å². The van der Waals surface area contributed by atoms with Gasteiger partial charge in [0, 0.05) is 12.0 Å². The maximum Gasteiger partial charge on any atom is 0.329 e. The van der Waals surface area contributed by atoms with Crippen LogP contribution < -0.4 is 10.6 Å². The minimum atomic E-state index is -0.734. The molecule has 1 aromatic carbocycles. The van der Waals surface area contributed by atoms with E-state index in [0.717, 1.165) is 24.8 Å². The number of nitrogens with one attached hydrogen (secondary N) is 2. The van der Waals surface area contributed by atoms with Gasteiger partial charge in [0.15, 0.2) is 6.61 Å². The highest BCUT2D eigenvalue weighted by atomic mass is 16.5. The number of benzene rings is 1. The fourth-order valence-corrected chi connectivity index (χ4v) is 6.25. The zero-order chi connectivity index (χ0) is 22.0. The first-order valence-corrected chi connectivity index (χ1v) is 11.6. The van der Waals surface area contributed by atoms with Gasteiger partial charge in [-0.05, 0) is 67.8 Å². The summed E-state index contributed by atoms with van der Waals surface area (Å²) in [6.07, 6.45) is 6.65. The fraction of sp³-hybridized carbons (Fsp3) is 0.640. The van der Waals surface area contributed by atoms with Gasteiger partial charge in [0.1, 0.15) is 6.04 Å². The predicted molar refractivity (Wildman–Crippen MR) is 117 cm³/mol. The Balaban J connectivity index is 1.29. The highest BCUT2D eigenvalue weighted by Gasteiger charge is 2.55. The summed E-state index contributed by atoms with van der Waals surface area (Å²) in [7, 11) is 0. The van der Waals surface area contributed by atoms with Crippen molar-refractivity contribution in [1.29, 1.82) is 0 Å². The van der Waals surface area contributed by atoms with E-state index in [0.29, 0.717) is 24.3 Å². The van der Waals surface area contributed by atoms with Gasteiger partial charge in [-0.2, -0.15) is 0 Å². The van der Waals surface area contributed by atoms with Crippen LogP contribution in [0.3, 0.4) is 0 Å². The average Bonchev–Trinajstić information content (AvgIpc) is 2.73. The van der Waals surface area contributed by atoms with E-state index >= 15 is 0 Å². The highest BCUT2D eigenvalue weighted by Crippen LogP contribution is 2.60. The Bertz CT molecular complexity index is 785. The summed E-state index contributed by atoms with van der Waals surface area (Å²) in [4.78, 5) is 38.1. The molecular weight excluding hydrogens is 392 g/mol. The normalized spacial score (nSPS) is 29.5. The van der Waals surface area contributed by atoms with E-state index < -0.39 is 12.0 Å². The fourth-order valence-electron chi connectivity index (χ4n) is 6.25. The standard InChI is InChI=1S/C25H34N2O4/c1-16(2)22(23(29)31-15-21(28)26-14-17-6-4-3-5-7-17)27-24(30)25-11-18-8-19(12-25)10-20(9-18)13-25/h3-7,16,18-20,22H,8-15H2,1-2H3,(H,26,28)(H,27,30)/t18?,19?,20?,22-,25?/m0/s1. The maximum atomic E-state index is 13.3. The van der Waals surface area contributed by atoms with E-state index in [9.17, 15) is 14.4 Å². The second-order valence-electron chi connectivity index (χ2n) is 10.3. The van der Waals surface area contributed by atoms with Gasteiger partial charge in [-0.25, -0.2) is 4.79 Å². The van der Waals surface area contributed by atoms with Crippen molar-refractivity contribution in [2.45, 2.75) is 65.0 Å². The van der Waals surface area contributed by atoms with Crippen LogP contribution >= 0.6 is 0 Å². The molecule has 4 aliphatic carbocycles. The largest absolute Gasteiger partial charge is 0.454 e. The Morgan fingerprint density at radius 3 is 2.13 bits per heavy atom. The summed E-state index contributed by atoms with van der Waals surface area (Å²) in [6.45, 7) is 3.82. The second-order valence-corrected chi connectivity index (χ2v) is 10.3. The summed E-state index contributed by atoms with van der Waals surface area (Å²) < 4.78 is 5.27. The van der Waals surface area contributed by atoms with Crippen LogP contribution in [0, 0.1) is 29.1 Å². The minimum absolute atomic E-state index is 0.00998. The quantitative estimate of drug-likeness (QED) is 0.625. The molecule has 31 heavy (non-hydrogen) atoms. The van der Waals surface area contributed by atoms with Gasteiger partial charge in [0.05, 0.1) is 0 Å². The molecule has 168 valence electrons. The van der Waals surface area contributed by atoms with Crippen LogP contribution in [0.25, 0.3) is 0 Å². The molecular formula is C25H34N2O4. The molecule has 4 bridgehead atoms. The molecule has 0 radical (unpaired) electrons. The third kappa shape index (κ3) is 4.94. The number of amides is 2. The summed E-state index contributed by atoms with van der Waals surface area (Å²) in [5.41, 5.74) is 0.667. The Morgan fingerprint density at radius 1 is 1.00 bits per heavy atom. The average molecular weight is 427 g/mol. The number of ether oxygens (including phenoxy) is 1. The minimum Gasteiger partial charge on any atom is -0.454 e. The van der Waals surface area contributed by atoms with E-state index in [1.165, 1.54) is 19.3 Å². The molecule has 4 saturated carbocycles. The monoisotopic (exact) mass is 426 g/mol. The smallest absolute Gasteiger partial charge is 0.329 e. The van der Waals surface area contributed by atoms with Crippen LogP contribution in [0.2, 0.25) is 0 Å². The summed E-state index contributed by atoms with van der Waals surface area (Å²) in [5.74, 6) is 0.989. The topological polar surface area (TPSA) is 84.5 Å². The molecule has 2 N–H and O–H groups in total. The van der Waals surface area contributed by atoms with Crippen molar-refractivity contribution < 1.29 is 19.1 Å². The van der Waals surface area contributed by atoms with Crippen LogP contribution in [0.1, 0.15) is 57.9 Å². The highest BCUT2D eigenvalue weighted by molar-refractivity contribution is 5.89. The molecule has 0 aliphatic heterocycles. The second kappa shape index (κ2) is 9.01. The van der Waals surface area contributed by atoms with Gasteiger partial charge in [-0.1, -0.05) is 44.2 Å². The molecule has 6 nitrogen and oxygen atoms in total. The zero-order valence-corrected chi connectivity index (χ0v) is 18.6. The van der Waals surface area contributed by atoms with Crippen LogP contribution in [-0.2, 0) is 25.7 Å². The van der Waals surface area contributed by atoms with Gasteiger partial charge in [0.25, 0.3) is 5.91 Å². The van der Waals surface area contributed by atoms with E-state index in [2.05, 4.69) is 10.6 Å². The van der Waals surface area contributed by atoms with Crippen molar-refractivity contribution in [3.05, 3.63) is 35.9 Å². The first-order chi connectivity index (χ1) is 14.8. The van der Waals surface area contributed by atoms with Crippen molar-refractivity contribution in [3.8, 4) is 0 Å². The molecule has 0 spiro atoms. The van der Waals surface area contributed by atoms with Crippen LogP contribution in [0.5, 0.6) is 0 Å². The van der Waals surface area contributed by atoms with Gasteiger partial charge in [0.2, 0.25) is 5.91 Å². The van der Waals surface area contributed by atoms with Gasteiger partial charge < -0.3 is 15.4 Å². The number of hydrogen-bond donors (Lipinski definition) is 2. The third-order valence-electron chi connectivity index (χ3n) is 7.41. The number of rotatable bonds is 8. The van der Waals surface area contributed by atoms with Gasteiger partial charge >= 0.3 is 5.97 Å². The number of esters is 1. The number of carbonyl (C=O) groups excluding carboxylic acids is 3. The molecule has 0 heterocycles. The third-order valence-corrected chi connectivity index (χ3v) is 7.41. The molecule has 1 aromatic rings. The van der Waals surface area contributed by atoms with Crippen molar-refractivity contribution in [2.75, 3.05) is 6.61 Å². The molecule has 0 unspecified atom stereocenters. The van der Waals surface area contributed by atoms with Crippen molar-refractivity contribution >= 4 is 17.8 Å². The van der Waals surface area contributed by atoms with Crippen molar-refractivity contribution in [3.63, 3.8) is 0 Å². The number of carbonyl (C=O) groups is 3. The van der Waals surface area contributed by atoms with E-state index in [1.54, 1.807) is 0 Å². The molecule has 2 amide bonds. The summed E-state index contributed by atoms with van der Waals surface area (Å²) in [6, 6.07) is 8.82. The van der Waals surface area contributed by atoms with Crippen LogP contribution in [0.15, 0.2) is 30.3 Å². The van der Waals surface area contributed by atoms with E-state index in [4.69, 9.17) is 4.74 Å². The summed E-state index contributed by atoms with van der Waals surface area (Å²) >= 11 is 0. The van der Waals surface area contributed by atoms with Gasteiger partial charge in [-0.15, -0.1) is 0 Å². The Hall–Kier alpha value is -2.37. The van der Waals surface area contributed by atoms with Crippen LogP contribution in [-0.4, -0.2) is 30.4 Å². The Kier molecular flexibility index (Phi) is 6.35. The molecule has 0 aromatic heterocycles. The van der Waals surface area contributed by atoms with E-state index in [-0.39, 0.29) is 29.8 Å². The van der Waals surface area contributed by atoms with Crippen molar-refractivity contribution in [1.82, 2.24) is 10.6 Å². The molecule has 1 atom stereocenters. The SMILES string of the molecule is CC(C)[C@H](NC(=O)C12CC3CC(CC(C3)C1)C2)C(=O)OCC(=O)NCc1ccccc1. The molecule has 6 heteroatoms. The zero-order valence-electron chi connectivity index (χ0n) is 18.6. The van der Waals surface area contributed by atoms with Crippen LogP contribution in [0.4, 0.5) is 0 Å². The molecule has 4 fully saturated rings. The molecule has 5 rings (SSSR count). The lowest BCUT2D eigenvalue weighted by Gasteiger charge is -2.55. The first-order valence-electron chi connectivity index (χ1n) is 11.6. The number of hydrogen-bond acceptors (Lipinski definition) is 4. The van der Waals surface area contributed by atoms with E-state index in [1.807, 2.05) is 44.2 Å².